The van der Waals surface area contributed by atoms with Gasteiger partial charge in [-0.25, -0.2) is 9.52 Å². The topological polar surface area (TPSA) is 102 Å². The first-order valence-electron chi connectivity index (χ1n) is 10.1. The van der Waals surface area contributed by atoms with E-state index >= 15 is 0 Å². The van der Waals surface area contributed by atoms with Crippen molar-refractivity contribution in [1.29, 1.82) is 0 Å². The van der Waals surface area contributed by atoms with Crippen LogP contribution in [0.5, 0.6) is 5.75 Å². The number of halogens is 1. The first kappa shape index (κ1) is 24.4. The van der Waals surface area contributed by atoms with Crippen LogP contribution in [0.3, 0.4) is 0 Å². The Morgan fingerprint density at radius 3 is 2.69 bits per heavy atom. The molecule has 0 aromatic heterocycles. The molecule has 1 aliphatic heterocycles. The molecule has 0 fully saturated rings. The molecule has 3 rings (SSSR count). The van der Waals surface area contributed by atoms with Crippen molar-refractivity contribution in [2.45, 2.75) is 42.0 Å². The number of carboxylic acid groups (broad SMARTS) is 1. The number of hydrogen-bond donors (Lipinski definition) is 4. The number of rotatable bonds is 8. The normalized spacial score (nSPS) is 19.1. The molecule has 2 aromatic carbocycles. The third-order valence-electron chi connectivity index (χ3n) is 5.04. The summed E-state index contributed by atoms with van der Waals surface area (Å²) in [5, 5.41) is 8.74. The van der Waals surface area contributed by atoms with Crippen molar-refractivity contribution in [3.8, 4) is 5.75 Å². The van der Waals surface area contributed by atoms with E-state index in [2.05, 4.69) is 11.6 Å². The van der Waals surface area contributed by atoms with Gasteiger partial charge in [0, 0.05) is 24.3 Å². The molecule has 32 heavy (non-hydrogen) atoms. The smallest absolute Gasteiger partial charge is 0.368 e. The van der Waals surface area contributed by atoms with E-state index in [4.69, 9.17) is 9.84 Å². The predicted molar refractivity (Wildman–Crippen MR) is 127 cm³/mol. The number of anilines is 2. The summed E-state index contributed by atoms with van der Waals surface area (Å²) in [7, 11) is -3.41. The summed E-state index contributed by atoms with van der Waals surface area (Å²) in [6, 6.07) is 12.7. The fraction of sp³-hybridized carbons (Fsp3) is 0.318. The Hall–Kier alpha value is -2.24. The van der Waals surface area contributed by atoms with Gasteiger partial charge in [0.15, 0.2) is 0 Å². The second-order valence-corrected chi connectivity index (χ2v) is 9.93. The number of nitrogens with zero attached hydrogens (tertiary/aromatic N) is 1. The minimum atomic E-state index is -3.41. The highest BCUT2D eigenvalue weighted by atomic mass is 32.3. The zero-order valence-corrected chi connectivity index (χ0v) is 19.5. The van der Waals surface area contributed by atoms with Crippen molar-refractivity contribution in [2.24, 2.45) is 0 Å². The van der Waals surface area contributed by atoms with Crippen molar-refractivity contribution >= 4 is 39.9 Å². The number of fused-ring (bicyclic) bond motifs is 1. The molecule has 174 valence electrons. The number of para-hydroxylation sites is 1. The molecule has 1 unspecified atom stereocenters. The number of thioether (sulfide) groups is 1. The molecule has 0 saturated carbocycles. The molecule has 4 N–H and O–H groups in total. The molecule has 1 aliphatic rings. The van der Waals surface area contributed by atoms with Crippen molar-refractivity contribution in [2.75, 3.05) is 17.7 Å². The number of ether oxygens (including phenoxy) is 1. The van der Waals surface area contributed by atoms with Gasteiger partial charge in [0.1, 0.15) is 16.9 Å². The maximum absolute atomic E-state index is 13.5. The van der Waals surface area contributed by atoms with Crippen LogP contribution in [-0.4, -0.2) is 39.0 Å². The molecule has 7 nitrogen and oxygen atoms in total. The van der Waals surface area contributed by atoms with Gasteiger partial charge in [0.2, 0.25) is 5.83 Å². The fourth-order valence-corrected chi connectivity index (χ4v) is 5.55. The van der Waals surface area contributed by atoms with Crippen LogP contribution in [0.4, 0.5) is 15.8 Å². The van der Waals surface area contributed by atoms with E-state index in [-0.39, 0.29) is 16.7 Å². The van der Waals surface area contributed by atoms with Crippen LogP contribution in [0.15, 0.2) is 64.3 Å². The van der Waals surface area contributed by atoms with Crippen molar-refractivity contribution in [3.63, 3.8) is 0 Å². The lowest BCUT2D eigenvalue weighted by Gasteiger charge is -2.35. The Balaban J connectivity index is 2.13. The molecule has 0 saturated heterocycles. The fourth-order valence-electron chi connectivity index (χ4n) is 3.49. The van der Waals surface area contributed by atoms with Crippen LogP contribution in [0.2, 0.25) is 0 Å². The van der Waals surface area contributed by atoms with E-state index in [1.807, 2.05) is 35.2 Å². The van der Waals surface area contributed by atoms with Gasteiger partial charge < -0.3 is 14.7 Å². The average Bonchev–Trinajstić information content (AvgIpc) is 2.89. The molecule has 0 aliphatic carbocycles. The third-order valence-corrected chi connectivity index (χ3v) is 7.41. The highest BCUT2D eigenvalue weighted by molar-refractivity contribution is 8.22. The standard InChI is InChI=1S/C22H27FN2O5S2/c1-3-4-8-15-13-25(16-9-6-5-7-10-16)18-11-20(31-2)19(30-14-17(23)22(26)27)12-21(18)32(28,29)24-15/h5-7,9-12,14-15,24,28-29H,3-4,8,13H2,1-2H3,(H,26,27)/b17-14-. The number of aliphatic carboxylic acids is 1. The first-order valence-corrected chi connectivity index (χ1v) is 12.9. The second kappa shape index (κ2) is 10.6. The minimum absolute atomic E-state index is 0.134. The van der Waals surface area contributed by atoms with Gasteiger partial charge in [0.05, 0.1) is 10.6 Å². The number of nitrogens with one attached hydrogen (secondary N) is 1. The van der Waals surface area contributed by atoms with E-state index in [1.165, 1.54) is 17.8 Å². The molecule has 1 heterocycles. The molecule has 0 bridgehead atoms. The van der Waals surface area contributed by atoms with Gasteiger partial charge in [-0.15, -0.1) is 22.5 Å². The Morgan fingerprint density at radius 2 is 2.06 bits per heavy atom. The Morgan fingerprint density at radius 1 is 1.34 bits per heavy atom. The highest BCUT2D eigenvalue weighted by Gasteiger charge is 2.33. The van der Waals surface area contributed by atoms with Gasteiger partial charge in [-0.3, -0.25) is 9.11 Å². The summed E-state index contributed by atoms with van der Waals surface area (Å²) in [4.78, 5) is 13.6. The number of carbonyl (C=O) groups is 1. The summed E-state index contributed by atoms with van der Waals surface area (Å²) < 4.78 is 43.9. The summed E-state index contributed by atoms with van der Waals surface area (Å²) >= 11 is 1.32. The number of carboxylic acids is 1. The van der Waals surface area contributed by atoms with Crippen LogP contribution in [0.1, 0.15) is 26.2 Å². The number of hydrogen-bond acceptors (Lipinski definition) is 7. The van der Waals surface area contributed by atoms with Gasteiger partial charge >= 0.3 is 5.97 Å². The summed E-state index contributed by atoms with van der Waals surface area (Å²) in [6.45, 7) is 2.60. The van der Waals surface area contributed by atoms with Crippen LogP contribution in [0.25, 0.3) is 0 Å². The Kier molecular flexibility index (Phi) is 8.07. The molecule has 10 heteroatoms. The summed E-state index contributed by atoms with van der Waals surface area (Å²) in [5.74, 6) is -3.07. The molecular weight excluding hydrogens is 455 g/mol. The maximum atomic E-state index is 13.5. The molecule has 0 radical (unpaired) electrons. The lowest BCUT2D eigenvalue weighted by Crippen LogP contribution is -2.37. The Labute approximate surface area is 192 Å². The number of benzene rings is 2. The number of unbranched alkanes of at least 4 members (excludes halogenated alkanes) is 1. The summed E-state index contributed by atoms with van der Waals surface area (Å²) in [5.41, 5.74) is 1.49. The van der Waals surface area contributed by atoms with Crippen molar-refractivity contribution in [3.05, 3.63) is 54.6 Å². The van der Waals surface area contributed by atoms with E-state index in [0.29, 0.717) is 23.4 Å². The van der Waals surface area contributed by atoms with E-state index in [1.54, 1.807) is 12.3 Å². The zero-order chi connectivity index (χ0) is 23.3. The SMILES string of the molecule is CCCCC1CN(c2ccccc2)c2cc(SC)c(O/C=C(\F)C(=O)O)cc2S(O)(O)N1. The predicted octanol–water partition coefficient (Wildman–Crippen LogP) is 6.01. The van der Waals surface area contributed by atoms with E-state index in [0.717, 1.165) is 24.9 Å². The first-order chi connectivity index (χ1) is 15.3. The lowest BCUT2D eigenvalue weighted by molar-refractivity contribution is -0.134. The second-order valence-electron chi connectivity index (χ2n) is 7.31. The quantitative estimate of drug-likeness (QED) is 0.206. The van der Waals surface area contributed by atoms with E-state index < -0.39 is 22.6 Å². The average molecular weight is 483 g/mol. The highest BCUT2D eigenvalue weighted by Crippen LogP contribution is 2.55. The molecule has 1 atom stereocenters. The van der Waals surface area contributed by atoms with Gasteiger partial charge in [0.25, 0.3) is 0 Å². The van der Waals surface area contributed by atoms with Crippen LogP contribution in [0, 0.1) is 0 Å². The van der Waals surface area contributed by atoms with Gasteiger partial charge in [-0.05, 0) is 30.9 Å². The minimum Gasteiger partial charge on any atom is -0.476 e. The molecule has 0 amide bonds. The van der Waals surface area contributed by atoms with Gasteiger partial charge in [-0.1, -0.05) is 38.0 Å². The van der Waals surface area contributed by atoms with Crippen molar-refractivity contribution in [1.82, 2.24) is 4.72 Å². The lowest BCUT2D eigenvalue weighted by atomic mass is 10.1. The van der Waals surface area contributed by atoms with Crippen LogP contribution in [-0.2, 0) is 4.79 Å². The summed E-state index contributed by atoms with van der Waals surface area (Å²) in [6.07, 6.45) is 4.96. The zero-order valence-electron chi connectivity index (χ0n) is 17.8. The third kappa shape index (κ3) is 5.57. The molecule has 0 spiro atoms. The Bertz CT molecular complexity index is 988. The van der Waals surface area contributed by atoms with Gasteiger partial charge in [-0.2, -0.15) is 4.39 Å². The largest absolute Gasteiger partial charge is 0.476 e. The molecule has 2 aromatic rings. The van der Waals surface area contributed by atoms with Crippen molar-refractivity contribution < 1.29 is 28.1 Å². The maximum Gasteiger partial charge on any atom is 0.368 e. The van der Waals surface area contributed by atoms with Crippen LogP contribution >= 0.6 is 22.5 Å². The monoisotopic (exact) mass is 482 g/mol. The van der Waals surface area contributed by atoms with E-state index in [9.17, 15) is 18.3 Å². The van der Waals surface area contributed by atoms with Crippen LogP contribution < -0.4 is 14.4 Å². The molecular formula is C22H27FN2O5S2.